The van der Waals surface area contributed by atoms with Crippen LogP contribution >= 0.6 is 15.9 Å². The second kappa shape index (κ2) is 7.59. The van der Waals surface area contributed by atoms with Crippen molar-refractivity contribution in [1.29, 1.82) is 0 Å². The zero-order valence-electron chi connectivity index (χ0n) is 10.4. The van der Waals surface area contributed by atoms with Crippen molar-refractivity contribution in [2.24, 2.45) is 0 Å². The van der Waals surface area contributed by atoms with Crippen LogP contribution in [0.5, 0.6) is 5.75 Å². The fourth-order valence-electron chi connectivity index (χ4n) is 1.40. The average Bonchev–Trinajstić information content (AvgIpc) is 2.32. The molecular formula is C12H15BrF3NO2. The standard InChI is InChI=1S/C12H15BrF3NO2/c1-18-11-4-3-9(13)7-10(11)17-5-2-6-19-8-12(14,15)16/h3-4,7,17H,2,5-6,8H2,1H3. The number of ether oxygens (including phenoxy) is 2. The summed E-state index contributed by atoms with van der Waals surface area (Å²) in [6, 6.07) is 5.48. The third-order valence-corrected chi connectivity index (χ3v) is 2.70. The van der Waals surface area contributed by atoms with Gasteiger partial charge >= 0.3 is 6.18 Å². The first-order valence-electron chi connectivity index (χ1n) is 5.64. The summed E-state index contributed by atoms with van der Waals surface area (Å²) in [4.78, 5) is 0. The molecule has 0 heterocycles. The lowest BCUT2D eigenvalue weighted by Gasteiger charge is -2.12. The quantitative estimate of drug-likeness (QED) is 0.764. The fourth-order valence-corrected chi connectivity index (χ4v) is 1.76. The molecule has 0 amide bonds. The lowest BCUT2D eigenvalue weighted by molar-refractivity contribution is -0.173. The maximum atomic E-state index is 11.8. The Morgan fingerprint density at radius 1 is 1.32 bits per heavy atom. The summed E-state index contributed by atoms with van der Waals surface area (Å²) in [6.07, 6.45) is -3.79. The zero-order valence-corrected chi connectivity index (χ0v) is 12.0. The number of anilines is 1. The summed E-state index contributed by atoms with van der Waals surface area (Å²) >= 11 is 3.34. The summed E-state index contributed by atoms with van der Waals surface area (Å²) < 4.78 is 46.0. The normalized spacial score (nSPS) is 11.4. The van der Waals surface area contributed by atoms with Gasteiger partial charge in [0.2, 0.25) is 0 Å². The highest BCUT2D eigenvalue weighted by Crippen LogP contribution is 2.27. The Hall–Kier alpha value is -0.950. The average molecular weight is 342 g/mol. The minimum absolute atomic E-state index is 0.0584. The highest BCUT2D eigenvalue weighted by atomic mass is 79.9. The largest absolute Gasteiger partial charge is 0.495 e. The van der Waals surface area contributed by atoms with Crippen LogP contribution in [0.15, 0.2) is 22.7 Å². The van der Waals surface area contributed by atoms with E-state index >= 15 is 0 Å². The Balaban J connectivity index is 2.28. The molecule has 1 aromatic rings. The van der Waals surface area contributed by atoms with Crippen molar-refractivity contribution in [1.82, 2.24) is 0 Å². The molecule has 0 aliphatic rings. The van der Waals surface area contributed by atoms with Crippen LogP contribution in [0, 0.1) is 0 Å². The Morgan fingerprint density at radius 3 is 2.68 bits per heavy atom. The van der Waals surface area contributed by atoms with Crippen LogP contribution in [-0.4, -0.2) is 33.0 Å². The number of benzene rings is 1. The monoisotopic (exact) mass is 341 g/mol. The molecule has 0 aliphatic heterocycles. The van der Waals surface area contributed by atoms with Crippen LogP contribution in [0.4, 0.5) is 18.9 Å². The molecule has 0 saturated heterocycles. The maximum absolute atomic E-state index is 11.8. The summed E-state index contributed by atoms with van der Waals surface area (Å²) in [5.74, 6) is 0.680. The molecule has 7 heteroatoms. The van der Waals surface area contributed by atoms with Crippen molar-refractivity contribution >= 4 is 21.6 Å². The van der Waals surface area contributed by atoms with Crippen LogP contribution in [0.25, 0.3) is 0 Å². The SMILES string of the molecule is COc1ccc(Br)cc1NCCCOCC(F)(F)F. The zero-order chi connectivity index (χ0) is 14.3. The molecule has 3 nitrogen and oxygen atoms in total. The highest BCUT2D eigenvalue weighted by molar-refractivity contribution is 9.10. The van der Waals surface area contributed by atoms with Crippen molar-refractivity contribution in [3.63, 3.8) is 0 Å². The van der Waals surface area contributed by atoms with E-state index in [0.717, 1.165) is 10.2 Å². The van der Waals surface area contributed by atoms with E-state index in [1.54, 1.807) is 13.2 Å². The molecular weight excluding hydrogens is 327 g/mol. The minimum Gasteiger partial charge on any atom is -0.495 e. The third kappa shape index (κ3) is 6.68. The Kier molecular flexibility index (Phi) is 6.44. The van der Waals surface area contributed by atoms with Crippen LogP contribution in [0.1, 0.15) is 6.42 Å². The van der Waals surface area contributed by atoms with Crippen molar-refractivity contribution in [3.05, 3.63) is 22.7 Å². The van der Waals surface area contributed by atoms with Gasteiger partial charge in [0.1, 0.15) is 12.4 Å². The molecule has 1 N–H and O–H groups in total. The number of alkyl halides is 3. The summed E-state index contributed by atoms with van der Waals surface area (Å²) in [5.41, 5.74) is 0.785. The molecule has 0 spiro atoms. The predicted molar refractivity (Wildman–Crippen MR) is 70.7 cm³/mol. The topological polar surface area (TPSA) is 30.5 Å². The van der Waals surface area contributed by atoms with Gasteiger partial charge in [-0.25, -0.2) is 0 Å². The molecule has 0 aromatic heterocycles. The molecule has 0 aliphatic carbocycles. The van der Waals surface area contributed by atoms with Gasteiger partial charge in [-0.15, -0.1) is 0 Å². The number of nitrogens with one attached hydrogen (secondary N) is 1. The highest BCUT2D eigenvalue weighted by Gasteiger charge is 2.27. The minimum atomic E-state index is -4.26. The second-order valence-corrected chi connectivity index (χ2v) is 4.71. The Morgan fingerprint density at radius 2 is 2.05 bits per heavy atom. The molecule has 0 radical (unpaired) electrons. The smallest absolute Gasteiger partial charge is 0.411 e. The number of rotatable bonds is 7. The molecule has 108 valence electrons. The van der Waals surface area contributed by atoms with E-state index in [4.69, 9.17) is 4.74 Å². The van der Waals surface area contributed by atoms with E-state index in [-0.39, 0.29) is 6.61 Å². The number of methoxy groups -OCH3 is 1. The molecule has 1 aromatic carbocycles. The molecule has 0 bridgehead atoms. The Bertz CT molecular complexity index is 399. The van der Waals surface area contributed by atoms with Crippen LogP contribution in [0.3, 0.4) is 0 Å². The summed E-state index contributed by atoms with van der Waals surface area (Å²) in [5, 5.41) is 3.09. The van der Waals surface area contributed by atoms with Crippen molar-refractivity contribution in [2.45, 2.75) is 12.6 Å². The van der Waals surface area contributed by atoms with E-state index in [0.29, 0.717) is 18.7 Å². The van der Waals surface area contributed by atoms with Crippen molar-refractivity contribution < 1.29 is 22.6 Å². The lowest BCUT2D eigenvalue weighted by Crippen LogP contribution is -2.18. The first-order chi connectivity index (χ1) is 8.92. The fraction of sp³-hybridized carbons (Fsp3) is 0.500. The van der Waals surface area contributed by atoms with Gasteiger partial charge in [0.05, 0.1) is 12.8 Å². The number of halogens is 4. The molecule has 0 saturated carbocycles. The van der Waals surface area contributed by atoms with Gasteiger partial charge in [-0.1, -0.05) is 15.9 Å². The van der Waals surface area contributed by atoms with Gasteiger partial charge in [-0.3, -0.25) is 0 Å². The van der Waals surface area contributed by atoms with E-state index in [1.165, 1.54) is 0 Å². The first-order valence-corrected chi connectivity index (χ1v) is 6.43. The first kappa shape index (κ1) is 16.1. The molecule has 0 fully saturated rings. The van der Waals surface area contributed by atoms with E-state index in [2.05, 4.69) is 26.0 Å². The van der Waals surface area contributed by atoms with Crippen LogP contribution in [-0.2, 0) is 4.74 Å². The second-order valence-electron chi connectivity index (χ2n) is 3.79. The van der Waals surface area contributed by atoms with E-state index in [1.807, 2.05) is 12.1 Å². The molecule has 0 unspecified atom stereocenters. The van der Waals surface area contributed by atoms with E-state index < -0.39 is 12.8 Å². The molecule has 0 atom stereocenters. The van der Waals surface area contributed by atoms with Gasteiger partial charge in [0, 0.05) is 17.6 Å². The number of hydrogen-bond donors (Lipinski definition) is 1. The summed E-state index contributed by atoms with van der Waals surface area (Å²) in [6.45, 7) is -0.638. The third-order valence-electron chi connectivity index (χ3n) is 2.21. The predicted octanol–water partition coefficient (Wildman–Crippen LogP) is 3.84. The van der Waals surface area contributed by atoms with Crippen LogP contribution < -0.4 is 10.1 Å². The van der Waals surface area contributed by atoms with Gasteiger partial charge < -0.3 is 14.8 Å². The van der Waals surface area contributed by atoms with Gasteiger partial charge in [0.25, 0.3) is 0 Å². The van der Waals surface area contributed by atoms with Gasteiger partial charge in [-0.05, 0) is 24.6 Å². The van der Waals surface area contributed by atoms with Crippen molar-refractivity contribution in [3.8, 4) is 5.75 Å². The molecule has 19 heavy (non-hydrogen) atoms. The number of hydrogen-bond acceptors (Lipinski definition) is 3. The van der Waals surface area contributed by atoms with E-state index in [9.17, 15) is 13.2 Å². The summed E-state index contributed by atoms with van der Waals surface area (Å²) in [7, 11) is 1.56. The van der Waals surface area contributed by atoms with Gasteiger partial charge in [0.15, 0.2) is 0 Å². The van der Waals surface area contributed by atoms with Gasteiger partial charge in [-0.2, -0.15) is 13.2 Å². The van der Waals surface area contributed by atoms with Crippen LogP contribution in [0.2, 0.25) is 0 Å². The molecule has 1 rings (SSSR count). The maximum Gasteiger partial charge on any atom is 0.411 e. The lowest BCUT2D eigenvalue weighted by atomic mass is 10.3. The van der Waals surface area contributed by atoms with Crippen molar-refractivity contribution in [2.75, 3.05) is 32.2 Å². The Labute approximate surface area is 118 Å².